The molecule has 0 radical (unpaired) electrons. The number of halogens is 3. The Morgan fingerprint density at radius 3 is 2.57 bits per heavy atom. The van der Waals surface area contributed by atoms with Crippen LogP contribution in [0.15, 0.2) is 18.2 Å². The summed E-state index contributed by atoms with van der Waals surface area (Å²) in [6, 6.07) is 4.46. The van der Waals surface area contributed by atoms with Crippen LogP contribution in [-0.4, -0.2) is 70.1 Å². The Morgan fingerprint density at radius 1 is 1.25 bits per heavy atom. The van der Waals surface area contributed by atoms with Gasteiger partial charge in [0.15, 0.2) is 0 Å². The van der Waals surface area contributed by atoms with Gasteiger partial charge in [-0.15, -0.1) is 0 Å². The summed E-state index contributed by atoms with van der Waals surface area (Å²) in [4.78, 5) is 22.5. The van der Waals surface area contributed by atoms with E-state index < -0.39 is 18.1 Å². The predicted molar refractivity (Wildman–Crippen MR) is 96.7 cm³/mol. The van der Waals surface area contributed by atoms with Gasteiger partial charge in [0, 0.05) is 24.7 Å². The lowest BCUT2D eigenvalue weighted by molar-refractivity contribution is -0.144. The monoisotopic (exact) mass is 396 g/mol. The second kappa shape index (κ2) is 6.73. The zero-order chi connectivity index (χ0) is 20.2. The molecule has 1 saturated carbocycles. The van der Waals surface area contributed by atoms with Gasteiger partial charge in [-0.2, -0.15) is 13.2 Å². The highest BCUT2D eigenvalue weighted by atomic mass is 19.4. The molecule has 2 N–H and O–H groups in total. The van der Waals surface area contributed by atoms with Crippen LogP contribution >= 0.6 is 0 Å². The molecule has 1 aromatic heterocycles. The lowest BCUT2D eigenvalue weighted by Crippen LogP contribution is -2.46. The number of nitrogens with one attached hydrogen (secondary N) is 1. The second-order valence-corrected chi connectivity index (χ2v) is 8.12. The molecular formula is C19H23F3N4O2. The average Bonchev–Trinajstić information content (AvgIpc) is 3.22. The van der Waals surface area contributed by atoms with E-state index in [1.54, 1.807) is 4.90 Å². The van der Waals surface area contributed by atoms with Gasteiger partial charge in [0.2, 0.25) is 5.82 Å². The van der Waals surface area contributed by atoms with Crippen molar-refractivity contribution in [3.05, 3.63) is 29.6 Å². The second-order valence-electron chi connectivity index (χ2n) is 8.12. The molecule has 2 aliphatic rings. The van der Waals surface area contributed by atoms with Crippen molar-refractivity contribution in [1.29, 1.82) is 0 Å². The fourth-order valence-corrected chi connectivity index (χ4v) is 4.59. The molecule has 28 heavy (non-hydrogen) atoms. The van der Waals surface area contributed by atoms with E-state index in [4.69, 9.17) is 0 Å². The van der Waals surface area contributed by atoms with Gasteiger partial charge in [-0.25, -0.2) is 4.98 Å². The molecule has 4 atom stereocenters. The minimum absolute atomic E-state index is 0.0819. The van der Waals surface area contributed by atoms with Crippen molar-refractivity contribution in [2.45, 2.75) is 31.2 Å². The molecule has 2 aromatic rings. The summed E-state index contributed by atoms with van der Waals surface area (Å²) in [6.07, 6.45) is -3.48. The van der Waals surface area contributed by atoms with Crippen LogP contribution in [0.4, 0.5) is 13.2 Å². The molecule has 0 unspecified atom stereocenters. The Bertz CT molecular complexity index is 895. The van der Waals surface area contributed by atoms with Crippen LogP contribution in [0.3, 0.4) is 0 Å². The van der Waals surface area contributed by atoms with Gasteiger partial charge in [0.25, 0.3) is 5.91 Å². The van der Waals surface area contributed by atoms with Crippen molar-refractivity contribution in [3.8, 4) is 0 Å². The van der Waals surface area contributed by atoms with Gasteiger partial charge in [-0.05, 0) is 57.0 Å². The number of imidazole rings is 1. The van der Waals surface area contributed by atoms with E-state index in [1.165, 1.54) is 18.2 Å². The summed E-state index contributed by atoms with van der Waals surface area (Å²) in [7, 11) is 3.89. The Kier molecular flexibility index (Phi) is 4.62. The summed E-state index contributed by atoms with van der Waals surface area (Å²) < 4.78 is 38.5. The lowest BCUT2D eigenvalue weighted by Gasteiger charge is -2.38. The number of nitrogens with zero attached hydrogens (tertiary/aromatic N) is 3. The van der Waals surface area contributed by atoms with Gasteiger partial charge >= 0.3 is 6.18 Å². The number of fused-ring (bicyclic) bond motifs is 2. The maximum Gasteiger partial charge on any atom is 0.449 e. The number of aromatic nitrogens is 2. The first-order chi connectivity index (χ1) is 13.1. The van der Waals surface area contributed by atoms with Gasteiger partial charge in [0.1, 0.15) is 0 Å². The van der Waals surface area contributed by atoms with E-state index >= 15 is 0 Å². The van der Waals surface area contributed by atoms with Crippen molar-refractivity contribution in [1.82, 2.24) is 19.8 Å². The Hall–Kier alpha value is -2.13. The molecule has 2 heterocycles. The van der Waals surface area contributed by atoms with Crippen molar-refractivity contribution in [3.63, 3.8) is 0 Å². The molecule has 6 nitrogen and oxygen atoms in total. The number of amides is 1. The fourth-order valence-electron chi connectivity index (χ4n) is 4.59. The highest BCUT2D eigenvalue weighted by molar-refractivity contribution is 5.97. The molecule has 4 rings (SSSR count). The average molecular weight is 396 g/mol. The number of aromatic amines is 1. The van der Waals surface area contributed by atoms with E-state index in [0.717, 1.165) is 6.42 Å². The topological polar surface area (TPSA) is 72.5 Å². The number of H-pyrrole nitrogens is 1. The Balaban J connectivity index is 1.52. The highest BCUT2D eigenvalue weighted by Crippen LogP contribution is 2.38. The molecule has 0 spiro atoms. The van der Waals surface area contributed by atoms with Crippen LogP contribution in [-0.2, 0) is 6.18 Å². The largest absolute Gasteiger partial charge is 0.449 e. The first kappa shape index (κ1) is 19.2. The Morgan fingerprint density at radius 2 is 1.93 bits per heavy atom. The number of aliphatic hydroxyl groups excluding tert-OH is 1. The minimum atomic E-state index is -4.56. The number of hydrogen-bond acceptors (Lipinski definition) is 4. The summed E-state index contributed by atoms with van der Waals surface area (Å²) in [5.74, 6) is -0.686. The molecule has 1 aliphatic carbocycles. The first-order valence-electron chi connectivity index (χ1n) is 9.34. The maximum atomic E-state index is 12.9. The molecule has 1 saturated heterocycles. The summed E-state index contributed by atoms with van der Waals surface area (Å²) in [6.45, 7) is 1.17. The van der Waals surface area contributed by atoms with E-state index in [9.17, 15) is 23.1 Å². The normalized spacial score (nSPS) is 28.2. The van der Waals surface area contributed by atoms with E-state index in [2.05, 4.69) is 9.97 Å². The zero-order valence-corrected chi connectivity index (χ0v) is 15.7. The van der Waals surface area contributed by atoms with Crippen LogP contribution < -0.4 is 0 Å². The number of likely N-dealkylation sites (tertiary alicyclic amines) is 1. The maximum absolute atomic E-state index is 12.9. The predicted octanol–water partition coefficient (Wildman–Crippen LogP) is 2.35. The number of rotatable bonds is 2. The number of carbonyl (C=O) groups excluding carboxylic acids is 1. The Labute approximate surface area is 160 Å². The fraction of sp³-hybridized carbons (Fsp3) is 0.579. The summed E-state index contributed by atoms with van der Waals surface area (Å²) in [5.41, 5.74) is 0.710. The number of likely N-dealkylation sites (N-methyl/N-ethyl adjacent to an activating group) is 1. The SMILES string of the molecule is CN(C)[C@@H]1C[C@@H]2CN(C(=O)c3ccc4nc(C(F)(F)F)[nH]c4c3)C[C@@H]2C[C@H]1O. The van der Waals surface area contributed by atoms with E-state index in [1.807, 2.05) is 19.0 Å². The van der Waals surface area contributed by atoms with Crippen LogP contribution in [0.1, 0.15) is 29.0 Å². The van der Waals surface area contributed by atoms with Crippen molar-refractivity contribution in [2.24, 2.45) is 11.8 Å². The van der Waals surface area contributed by atoms with Gasteiger partial charge in [-0.3, -0.25) is 4.79 Å². The zero-order valence-electron chi connectivity index (χ0n) is 15.7. The third-order valence-corrected chi connectivity index (χ3v) is 6.06. The molecule has 1 aliphatic heterocycles. The van der Waals surface area contributed by atoms with Crippen LogP contribution in [0.2, 0.25) is 0 Å². The number of aliphatic hydroxyl groups is 1. The summed E-state index contributed by atoms with van der Waals surface area (Å²) >= 11 is 0. The highest BCUT2D eigenvalue weighted by Gasteiger charge is 2.43. The quantitative estimate of drug-likeness (QED) is 0.818. The molecule has 152 valence electrons. The third-order valence-electron chi connectivity index (χ3n) is 6.06. The molecule has 9 heteroatoms. The molecule has 2 fully saturated rings. The number of alkyl halides is 3. The van der Waals surface area contributed by atoms with Crippen molar-refractivity contribution in [2.75, 3.05) is 27.2 Å². The number of hydrogen-bond donors (Lipinski definition) is 2. The smallest absolute Gasteiger partial charge is 0.391 e. The number of carbonyl (C=O) groups is 1. The molecular weight excluding hydrogens is 373 g/mol. The van der Waals surface area contributed by atoms with Crippen LogP contribution in [0, 0.1) is 11.8 Å². The van der Waals surface area contributed by atoms with Crippen LogP contribution in [0.5, 0.6) is 0 Å². The molecule has 1 amide bonds. The van der Waals surface area contributed by atoms with Gasteiger partial charge in [0.05, 0.1) is 17.1 Å². The minimum Gasteiger partial charge on any atom is -0.391 e. The van der Waals surface area contributed by atoms with Gasteiger partial charge in [-0.1, -0.05) is 0 Å². The van der Waals surface area contributed by atoms with Crippen LogP contribution in [0.25, 0.3) is 11.0 Å². The molecule has 1 aromatic carbocycles. The summed E-state index contributed by atoms with van der Waals surface area (Å²) in [5, 5.41) is 10.4. The van der Waals surface area contributed by atoms with E-state index in [0.29, 0.717) is 31.0 Å². The third kappa shape index (κ3) is 3.37. The van der Waals surface area contributed by atoms with Crippen molar-refractivity contribution >= 4 is 16.9 Å². The van der Waals surface area contributed by atoms with E-state index in [-0.39, 0.29) is 28.9 Å². The van der Waals surface area contributed by atoms with Crippen molar-refractivity contribution < 1.29 is 23.1 Å². The first-order valence-corrected chi connectivity index (χ1v) is 9.34. The number of benzene rings is 1. The van der Waals surface area contributed by atoms with Gasteiger partial charge < -0.3 is 19.9 Å². The molecule has 0 bridgehead atoms. The lowest BCUT2D eigenvalue weighted by atomic mass is 9.77. The standard InChI is InChI=1S/C19H23F3N4O2/c1-25(2)15-6-11-8-26(9-12(11)7-16(15)27)17(28)10-3-4-13-14(5-10)24-18(23-13)19(20,21)22/h3-5,11-12,15-16,27H,6-9H2,1-2H3,(H,23,24)/t11-,12+,15-,16-/m1/s1.